The zero-order chi connectivity index (χ0) is 87.2. The van der Waals surface area contributed by atoms with Crippen molar-refractivity contribution in [3.8, 4) is 11.8 Å². The van der Waals surface area contributed by atoms with E-state index < -0.39 is 108 Å². The Labute approximate surface area is 711 Å². The lowest BCUT2D eigenvalue weighted by Gasteiger charge is -2.43. The smallest absolute Gasteiger partial charge is 0.410 e. The highest BCUT2D eigenvalue weighted by molar-refractivity contribution is 7.09. The molecule has 0 bridgehead atoms. The number of primary amides is 1. The summed E-state index contributed by atoms with van der Waals surface area (Å²) in [5.41, 5.74) is 9.28. The molecule has 3 heterocycles. The van der Waals surface area contributed by atoms with Crippen LogP contribution in [-0.4, -0.2) is 214 Å². The van der Waals surface area contributed by atoms with E-state index in [1.165, 1.54) is 23.3 Å². The normalized spacial score (nSPS) is 16.8. The number of nitrogens with zero attached hydrogens (tertiary/aromatic N) is 5. The number of likely N-dealkylation sites (tertiary alicyclic amines) is 1. The number of likely N-dealkylation sites (N-methyl/N-ethyl adjacent to an activating group) is 2. The van der Waals surface area contributed by atoms with E-state index in [9.17, 15) is 47.9 Å². The number of urea groups is 1. The first kappa shape index (κ1) is 96.8. The van der Waals surface area contributed by atoms with E-state index in [4.69, 9.17) is 29.4 Å². The molecule has 2 unspecified atom stereocenters. The number of allylic oxidation sites excluding steroid dienone is 4. The van der Waals surface area contributed by atoms with Gasteiger partial charge in [0.05, 0.1) is 74.8 Å². The lowest BCUT2D eigenvalue weighted by Crippen LogP contribution is -2.60. The van der Waals surface area contributed by atoms with Crippen molar-refractivity contribution in [1.82, 2.24) is 51.6 Å². The number of carbonyl (C=O) groups is 11. The van der Waals surface area contributed by atoms with E-state index in [1.807, 2.05) is 110 Å². The standard InChI is InChI=1S/C90H127N13O16S/c1-59(2)78(98-75(105)45-51-117-53-54-118-52-47-92-74(104)37-25-38-76(106)102-49-24-14-13-17-28-62(7)39-42-66-31-22-23-35-71(66)102)85(110)96-69(34-26-46-94-89(91)113)84(109)95-68-43-40-65(41-44-68)58-119-90(114)101(10)80(61(5)6)86(111)99-79(60(3)4)88(112)100(9)81(67-32-20-16-21-33-67)73(115-11)57-77(107)103-50-27-36-72(103)82(116-12)63(8)83(108)97-70(87-93-48-55-120-87)56-64-29-18-15-19-30-64/h13-15,17-19,22-23,28-31,35,40-41,43-44,48,55,59-61,63,67,69-70,72-73,78-82H,7,16,20-21,24-27,32-34,36-38,45-47,49-54,56-58H2,1-6,8-12H3,(H,92,104)(H,95,109)(H,96,110)(H,97,108)(H,98,105)(H,99,111)(H3,91,94,113)/b14-13-,28-17?/t63-,69?,70?,72+,73-,78+,79+,80+,81+,82-/m1/s1. The Hall–Kier alpha value is -10.3. The van der Waals surface area contributed by atoms with Crippen LogP contribution in [0.25, 0.3) is 0 Å². The summed E-state index contributed by atoms with van der Waals surface area (Å²) in [5, 5.41) is 22.6. The van der Waals surface area contributed by atoms with E-state index >= 15 is 4.79 Å². The van der Waals surface area contributed by atoms with Crippen molar-refractivity contribution in [1.29, 1.82) is 0 Å². The summed E-state index contributed by atoms with van der Waals surface area (Å²) in [6, 6.07) is 17.4. The van der Waals surface area contributed by atoms with Crippen molar-refractivity contribution in [3.63, 3.8) is 0 Å². The number of nitrogens with one attached hydrogen (secondary N) is 7. The average Bonchev–Trinajstić information content (AvgIpc) is 1.21. The van der Waals surface area contributed by atoms with E-state index in [-0.39, 0.29) is 126 Å². The number of aromatic nitrogens is 1. The number of ether oxygens (including phenoxy) is 5. The minimum absolute atomic E-state index is 0.0119. The van der Waals surface area contributed by atoms with Crippen LogP contribution >= 0.6 is 11.3 Å². The molecule has 7 rings (SSSR count). The molecule has 4 aromatic rings. The SMILES string of the molecule is C=C1C#Cc2ccccc2N(C(=O)CCCC(=O)NCCOCCOCCC(=O)N[C@H](C(=O)NC(CCCNC(N)=O)C(=O)Nc2ccc(COC(=O)N(C)[C@H](C(=O)N[C@H](C(=O)N(C)[C@@H](C3CCCCC3)[C@@H](CC(=O)N3CCC[C@H]3[C@H](OC)[C@@H](C)C(=O)NC(Cc3ccccc3)c3nccs3)OC)C(C)C)C(C)C)cc2)C(C)C)CC/C=C\C=C1. The maximum Gasteiger partial charge on any atom is 0.410 e. The van der Waals surface area contributed by atoms with Gasteiger partial charge < -0.3 is 81.3 Å². The molecule has 0 spiro atoms. The quantitative estimate of drug-likeness (QED) is 0.0151. The Morgan fingerprint density at radius 2 is 1.36 bits per heavy atom. The van der Waals surface area contributed by atoms with Gasteiger partial charge in [0.25, 0.3) is 0 Å². The minimum atomic E-state index is -1.14. The number of methoxy groups -OCH3 is 2. The molecule has 1 aliphatic carbocycles. The number of rotatable bonds is 45. The van der Waals surface area contributed by atoms with Crippen LogP contribution in [0.4, 0.5) is 21.0 Å². The Balaban J connectivity index is 0.859. The number of thiazole rings is 1. The number of fused-ring (bicyclic) bond motifs is 1. The predicted molar refractivity (Wildman–Crippen MR) is 461 cm³/mol. The maximum absolute atomic E-state index is 15.2. The fraction of sp³-hybridized carbons (Fsp3) is 0.556. The molecule has 1 aromatic heterocycles. The molecule has 2 aliphatic heterocycles. The van der Waals surface area contributed by atoms with Gasteiger partial charge in [0.2, 0.25) is 53.2 Å². The maximum atomic E-state index is 15.2. The summed E-state index contributed by atoms with van der Waals surface area (Å²) in [7, 11) is 6.29. The highest BCUT2D eigenvalue weighted by atomic mass is 32.1. The van der Waals surface area contributed by atoms with E-state index in [2.05, 4.69) is 60.6 Å². The number of para-hydroxylation sites is 1. The van der Waals surface area contributed by atoms with Crippen LogP contribution in [0.2, 0.25) is 0 Å². The number of hydrogen-bond donors (Lipinski definition) is 8. The molecule has 1 saturated heterocycles. The highest BCUT2D eigenvalue weighted by Crippen LogP contribution is 2.35. The average molecular weight is 1680 g/mol. The monoisotopic (exact) mass is 1680 g/mol. The van der Waals surface area contributed by atoms with Crippen LogP contribution in [0.3, 0.4) is 0 Å². The van der Waals surface area contributed by atoms with E-state index in [1.54, 1.807) is 89.2 Å². The summed E-state index contributed by atoms with van der Waals surface area (Å²) in [6.45, 7) is 18.1. The minimum Gasteiger partial charge on any atom is -0.445 e. The van der Waals surface area contributed by atoms with Crippen molar-refractivity contribution in [2.45, 2.75) is 212 Å². The topological polar surface area (TPSA) is 370 Å². The molecule has 654 valence electrons. The van der Waals surface area contributed by atoms with Crippen LogP contribution in [0.1, 0.15) is 173 Å². The molecular formula is C90H127N13O16S. The molecule has 9 N–H and O–H groups in total. The summed E-state index contributed by atoms with van der Waals surface area (Å²) < 4.78 is 29.4. The van der Waals surface area contributed by atoms with Gasteiger partial charge in [-0.3, -0.25) is 48.1 Å². The second kappa shape index (κ2) is 50.7. The van der Waals surface area contributed by atoms with Gasteiger partial charge in [-0.25, -0.2) is 14.6 Å². The third-order valence-electron chi connectivity index (χ3n) is 21.9. The van der Waals surface area contributed by atoms with Crippen molar-refractivity contribution in [2.24, 2.45) is 35.3 Å². The molecule has 2 fully saturated rings. The van der Waals surface area contributed by atoms with Crippen LogP contribution in [0.5, 0.6) is 0 Å². The third-order valence-corrected chi connectivity index (χ3v) is 22.8. The second-order valence-electron chi connectivity index (χ2n) is 31.9. The first-order valence-corrected chi connectivity index (χ1v) is 42.9. The largest absolute Gasteiger partial charge is 0.445 e. The third kappa shape index (κ3) is 30.7. The van der Waals surface area contributed by atoms with Gasteiger partial charge in [0, 0.05) is 102 Å². The molecule has 120 heavy (non-hydrogen) atoms. The van der Waals surface area contributed by atoms with Crippen molar-refractivity contribution >= 4 is 88.0 Å². The first-order valence-electron chi connectivity index (χ1n) is 42.0. The van der Waals surface area contributed by atoms with Crippen LogP contribution in [0.15, 0.2) is 127 Å². The number of nitrogens with two attached hydrogens (primary N) is 1. The molecule has 3 aliphatic rings. The van der Waals surface area contributed by atoms with Gasteiger partial charge in [-0.1, -0.05) is 159 Å². The lowest BCUT2D eigenvalue weighted by molar-refractivity contribution is -0.148. The van der Waals surface area contributed by atoms with Crippen molar-refractivity contribution in [3.05, 3.63) is 149 Å². The van der Waals surface area contributed by atoms with Crippen molar-refractivity contribution in [2.75, 3.05) is 91.1 Å². The predicted octanol–water partition coefficient (Wildman–Crippen LogP) is 9.61. The van der Waals surface area contributed by atoms with Crippen LogP contribution in [-0.2, 0) is 79.9 Å². The van der Waals surface area contributed by atoms with Crippen LogP contribution < -0.4 is 47.9 Å². The Morgan fingerprint density at radius 3 is 2.03 bits per heavy atom. The zero-order valence-corrected chi connectivity index (χ0v) is 72.5. The fourth-order valence-electron chi connectivity index (χ4n) is 15.5. The molecule has 1 saturated carbocycles. The van der Waals surface area contributed by atoms with Crippen molar-refractivity contribution < 1.29 is 76.4 Å². The number of benzene rings is 3. The Kier molecular flexibility index (Phi) is 40.9. The van der Waals surface area contributed by atoms with Gasteiger partial charge in [0.15, 0.2) is 0 Å². The number of amides is 12. The Bertz CT molecular complexity index is 4130. The molecule has 0 radical (unpaired) electrons. The summed E-state index contributed by atoms with van der Waals surface area (Å²) >= 11 is 1.47. The molecule has 10 atom stereocenters. The first-order chi connectivity index (χ1) is 57.6. The molecule has 12 amide bonds. The Morgan fingerprint density at radius 1 is 0.650 bits per heavy atom. The lowest BCUT2D eigenvalue weighted by atomic mass is 9.80. The summed E-state index contributed by atoms with van der Waals surface area (Å²) in [6.07, 6.45) is 15.0. The van der Waals surface area contributed by atoms with E-state index in [0.717, 1.165) is 42.7 Å². The van der Waals surface area contributed by atoms with Gasteiger partial charge in [-0.15, -0.1) is 11.3 Å². The number of hydrogen-bond acceptors (Lipinski definition) is 18. The zero-order valence-electron chi connectivity index (χ0n) is 71.7. The summed E-state index contributed by atoms with van der Waals surface area (Å²) in [4.78, 5) is 163. The molecule has 3 aromatic carbocycles. The fourth-order valence-corrected chi connectivity index (χ4v) is 16.2. The second-order valence-corrected chi connectivity index (χ2v) is 32.8. The summed E-state index contributed by atoms with van der Waals surface area (Å²) in [5.74, 6) is 0.859. The van der Waals surface area contributed by atoms with Gasteiger partial charge in [-0.05, 0) is 123 Å². The molecule has 29 nitrogen and oxygen atoms in total. The van der Waals surface area contributed by atoms with Gasteiger partial charge in [0.1, 0.15) is 35.8 Å². The van der Waals surface area contributed by atoms with Gasteiger partial charge in [-0.2, -0.15) is 0 Å². The van der Waals surface area contributed by atoms with E-state index in [0.29, 0.717) is 73.3 Å². The highest BCUT2D eigenvalue weighted by Gasteiger charge is 2.45. The number of anilines is 2. The van der Waals surface area contributed by atoms with Gasteiger partial charge >= 0.3 is 12.1 Å². The number of carbonyl (C=O) groups excluding carboxylic acids is 11. The van der Waals surface area contributed by atoms with Crippen LogP contribution in [0, 0.1) is 41.4 Å². The molecular weight excluding hydrogens is 1550 g/mol. The molecule has 30 heteroatoms.